The molecule has 0 saturated carbocycles. The van der Waals surface area contributed by atoms with Crippen LogP contribution in [0, 0.1) is 6.92 Å². The maximum Gasteiger partial charge on any atom is 0.133 e. The quantitative estimate of drug-likeness (QED) is 0.715. The van der Waals surface area contributed by atoms with Crippen LogP contribution in [0.25, 0.3) is 0 Å². The zero-order chi connectivity index (χ0) is 8.39. The van der Waals surface area contributed by atoms with Crippen molar-refractivity contribution in [1.82, 2.24) is 20.5 Å². The van der Waals surface area contributed by atoms with Crippen molar-refractivity contribution in [2.24, 2.45) is 0 Å². The van der Waals surface area contributed by atoms with E-state index in [-0.39, 0.29) is 12.4 Å². The highest BCUT2D eigenvalue weighted by Crippen LogP contribution is 2.21. The summed E-state index contributed by atoms with van der Waals surface area (Å²) in [5.74, 6) is 2.57. The number of aryl methyl sites for hydroxylation is 1. The van der Waals surface area contributed by atoms with Gasteiger partial charge in [-0.1, -0.05) is 0 Å². The number of piperidine rings is 1. The van der Waals surface area contributed by atoms with Gasteiger partial charge in [0.25, 0.3) is 0 Å². The Labute approximate surface area is 83.9 Å². The van der Waals surface area contributed by atoms with E-state index in [1.165, 1.54) is 12.8 Å². The highest BCUT2D eigenvalue weighted by Gasteiger charge is 2.17. The van der Waals surface area contributed by atoms with Crippen molar-refractivity contribution in [3.05, 3.63) is 11.6 Å². The predicted octanol–water partition coefficient (Wildman–Crippen LogP) is 1.00. The Morgan fingerprint density at radius 3 is 2.46 bits per heavy atom. The molecule has 0 unspecified atom stereocenters. The summed E-state index contributed by atoms with van der Waals surface area (Å²) in [6.45, 7) is 4.15. The van der Waals surface area contributed by atoms with E-state index in [0.717, 1.165) is 24.7 Å². The molecule has 5 heteroatoms. The first-order valence-electron chi connectivity index (χ1n) is 4.46. The first-order chi connectivity index (χ1) is 5.86. The third-order valence-corrected chi connectivity index (χ3v) is 2.34. The van der Waals surface area contributed by atoms with Gasteiger partial charge in [-0.25, -0.2) is 0 Å². The molecule has 1 aromatic rings. The molecule has 0 aromatic carbocycles. The predicted molar refractivity (Wildman–Crippen MR) is 53.2 cm³/mol. The summed E-state index contributed by atoms with van der Waals surface area (Å²) >= 11 is 0. The number of rotatable bonds is 1. The number of aromatic amines is 1. The average Bonchev–Trinajstić information content (AvgIpc) is 2.54. The highest BCUT2D eigenvalue weighted by atomic mass is 35.5. The molecule has 0 spiro atoms. The lowest BCUT2D eigenvalue weighted by atomic mass is 9.98. The topological polar surface area (TPSA) is 53.6 Å². The van der Waals surface area contributed by atoms with Gasteiger partial charge in [-0.3, -0.25) is 0 Å². The second kappa shape index (κ2) is 4.58. The van der Waals surface area contributed by atoms with Gasteiger partial charge in [0.2, 0.25) is 0 Å². The number of hydrogen-bond acceptors (Lipinski definition) is 3. The van der Waals surface area contributed by atoms with Gasteiger partial charge >= 0.3 is 0 Å². The van der Waals surface area contributed by atoms with Crippen LogP contribution in [0.3, 0.4) is 0 Å². The van der Waals surface area contributed by atoms with Crippen molar-refractivity contribution in [2.75, 3.05) is 13.1 Å². The molecule has 0 radical (unpaired) electrons. The van der Waals surface area contributed by atoms with Crippen LogP contribution < -0.4 is 5.32 Å². The van der Waals surface area contributed by atoms with Crippen LogP contribution in [0.2, 0.25) is 0 Å². The SMILES string of the molecule is Cc1nnc(C2CCNCC2)[nH]1.Cl. The molecule has 1 aliphatic rings. The van der Waals surface area contributed by atoms with E-state index >= 15 is 0 Å². The molecule has 2 rings (SSSR count). The lowest BCUT2D eigenvalue weighted by Gasteiger charge is -2.19. The Balaban J connectivity index is 0.000000845. The minimum Gasteiger partial charge on any atom is -0.329 e. The molecule has 0 aliphatic carbocycles. The van der Waals surface area contributed by atoms with Crippen LogP contribution in [-0.2, 0) is 0 Å². The van der Waals surface area contributed by atoms with E-state index in [1.807, 2.05) is 6.92 Å². The van der Waals surface area contributed by atoms with Crippen LogP contribution in [0.4, 0.5) is 0 Å². The van der Waals surface area contributed by atoms with Crippen LogP contribution in [-0.4, -0.2) is 28.3 Å². The minimum absolute atomic E-state index is 0. The van der Waals surface area contributed by atoms with Crippen molar-refractivity contribution in [1.29, 1.82) is 0 Å². The Bertz CT molecular complexity index is 254. The lowest BCUT2D eigenvalue weighted by molar-refractivity contribution is 0.446. The van der Waals surface area contributed by atoms with E-state index in [2.05, 4.69) is 20.5 Å². The zero-order valence-electron chi connectivity index (χ0n) is 7.71. The van der Waals surface area contributed by atoms with Crippen LogP contribution in [0.1, 0.15) is 30.4 Å². The van der Waals surface area contributed by atoms with Gasteiger partial charge in [-0.2, -0.15) is 0 Å². The van der Waals surface area contributed by atoms with Crippen LogP contribution in [0.5, 0.6) is 0 Å². The number of nitrogens with zero attached hydrogens (tertiary/aromatic N) is 2. The molecule has 4 nitrogen and oxygen atoms in total. The average molecular weight is 203 g/mol. The second-order valence-corrected chi connectivity index (χ2v) is 3.32. The number of nitrogens with one attached hydrogen (secondary N) is 2. The molecule has 13 heavy (non-hydrogen) atoms. The number of H-pyrrole nitrogens is 1. The van der Waals surface area contributed by atoms with E-state index in [1.54, 1.807) is 0 Å². The smallest absolute Gasteiger partial charge is 0.133 e. The Morgan fingerprint density at radius 2 is 1.92 bits per heavy atom. The number of halogens is 1. The first-order valence-corrected chi connectivity index (χ1v) is 4.46. The molecule has 1 fully saturated rings. The largest absolute Gasteiger partial charge is 0.329 e. The first kappa shape index (κ1) is 10.5. The van der Waals surface area contributed by atoms with Gasteiger partial charge < -0.3 is 10.3 Å². The van der Waals surface area contributed by atoms with Crippen molar-refractivity contribution in [3.8, 4) is 0 Å². The Morgan fingerprint density at radius 1 is 1.23 bits per heavy atom. The molecule has 0 amide bonds. The third kappa shape index (κ3) is 2.42. The van der Waals surface area contributed by atoms with Crippen LogP contribution >= 0.6 is 12.4 Å². The summed E-state index contributed by atoms with van der Waals surface area (Å²) in [7, 11) is 0. The molecular formula is C8H15ClN4. The maximum absolute atomic E-state index is 4.11. The van der Waals surface area contributed by atoms with Gasteiger partial charge in [0.1, 0.15) is 11.6 Å². The van der Waals surface area contributed by atoms with Crippen molar-refractivity contribution >= 4 is 12.4 Å². The number of aromatic nitrogens is 3. The molecular weight excluding hydrogens is 188 g/mol. The molecule has 1 aliphatic heterocycles. The standard InChI is InChI=1S/C8H14N4.ClH/c1-6-10-8(12-11-6)7-2-4-9-5-3-7;/h7,9H,2-5H2,1H3,(H,10,11,12);1H. The van der Waals surface area contributed by atoms with Gasteiger partial charge in [-0.05, 0) is 32.9 Å². The van der Waals surface area contributed by atoms with E-state index in [9.17, 15) is 0 Å². The van der Waals surface area contributed by atoms with Gasteiger partial charge in [0.05, 0.1) is 0 Å². The molecule has 0 bridgehead atoms. The van der Waals surface area contributed by atoms with Crippen LogP contribution in [0.15, 0.2) is 0 Å². The fourth-order valence-electron chi connectivity index (χ4n) is 1.64. The van der Waals surface area contributed by atoms with Gasteiger partial charge in [0, 0.05) is 5.92 Å². The summed E-state index contributed by atoms with van der Waals surface area (Å²) in [6, 6.07) is 0. The summed E-state index contributed by atoms with van der Waals surface area (Å²) in [5.41, 5.74) is 0. The Kier molecular flexibility index (Phi) is 3.69. The monoisotopic (exact) mass is 202 g/mol. The molecule has 0 atom stereocenters. The fraction of sp³-hybridized carbons (Fsp3) is 0.750. The van der Waals surface area contributed by atoms with E-state index < -0.39 is 0 Å². The van der Waals surface area contributed by atoms with Gasteiger partial charge in [-0.15, -0.1) is 22.6 Å². The minimum atomic E-state index is 0. The van der Waals surface area contributed by atoms with Crippen molar-refractivity contribution in [2.45, 2.75) is 25.7 Å². The molecule has 1 aromatic heterocycles. The zero-order valence-corrected chi connectivity index (χ0v) is 8.52. The molecule has 1 saturated heterocycles. The van der Waals surface area contributed by atoms with Crippen molar-refractivity contribution in [3.63, 3.8) is 0 Å². The van der Waals surface area contributed by atoms with E-state index in [0.29, 0.717) is 5.92 Å². The fourth-order valence-corrected chi connectivity index (χ4v) is 1.64. The molecule has 74 valence electrons. The third-order valence-electron chi connectivity index (χ3n) is 2.34. The molecule has 2 heterocycles. The Hall–Kier alpha value is -0.610. The maximum atomic E-state index is 4.11. The van der Waals surface area contributed by atoms with Crippen molar-refractivity contribution < 1.29 is 0 Å². The van der Waals surface area contributed by atoms with E-state index in [4.69, 9.17) is 0 Å². The lowest BCUT2D eigenvalue weighted by Crippen LogP contribution is -2.27. The second-order valence-electron chi connectivity index (χ2n) is 3.32. The summed E-state index contributed by atoms with van der Waals surface area (Å²) < 4.78 is 0. The summed E-state index contributed by atoms with van der Waals surface area (Å²) in [4.78, 5) is 3.20. The summed E-state index contributed by atoms with van der Waals surface area (Å²) in [6.07, 6.45) is 2.35. The number of hydrogen-bond donors (Lipinski definition) is 2. The highest BCUT2D eigenvalue weighted by molar-refractivity contribution is 5.85. The normalized spacial score (nSPS) is 18.2. The summed E-state index contributed by atoms with van der Waals surface area (Å²) in [5, 5.41) is 11.4. The molecule has 2 N–H and O–H groups in total. The van der Waals surface area contributed by atoms with Gasteiger partial charge in [0.15, 0.2) is 0 Å².